The molecular weight excluding hydrogens is 380 g/mol. The van der Waals surface area contributed by atoms with Gasteiger partial charge < -0.3 is 14.6 Å². The van der Waals surface area contributed by atoms with Crippen LogP contribution >= 0.6 is 0 Å². The first-order valence-electron chi connectivity index (χ1n) is 6.85. The molecule has 1 aliphatic rings. The lowest BCUT2D eigenvalue weighted by atomic mass is 10.1. The van der Waals surface area contributed by atoms with Gasteiger partial charge in [0.2, 0.25) is 0 Å². The van der Waals surface area contributed by atoms with E-state index in [1.807, 2.05) is 0 Å². The van der Waals surface area contributed by atoms with Gasteiger partial charge in [-0.2, -0.15) is 16.8 Å². The average Bonchev–Trinajstić information content (AvgIpc) is 2.48. The monoisotopic (exact) mass is 396 g/mol. The Morgan fingerprint density at radius 3 is 2.04 bits per heavy atom. The molecule has 1 aromatic carbocycles. The summed E-state index contributed by atoms with van der Waals surface area (Å²) in [4.78, 5) is 11.3. The van der Waals surface area contributed by atoms with Crippen LogP contribution in [0.5, 0.6) is 11.5 Å². The molecule has 0 aromatic heterocycles. The van der Waals surface area contributed by atoms with Crippen LogP contribution in [-0.4, -0.2) is 65.8 Å². The summed E-state index contributed by atoms with van der Waals surface area (Å²) >= 11 is 0. The van der Waals surface area contributed by atoms with Gasteiger partial charge in [-0.1, -0.05) is 6.07 Å². The number of carboxylic acid groups (broad SMARTS) is 1. The van der Waals surface area contributed by atoms with Crippen molar-refractivity contribution in [3.8, 4) is 11.5 Å². The van der Waals surface area contributed by atoms with E-state index in [0.717, 1.165) is 12.5 Å². The first-order chi connectivity index (χ1) is 11.5. The van der Waals surface area contributed by atoms with E-state index >= 15 is 0 Å². The van der Waals surface area contributed by atoms with Gasteiger partial charge in [-0.15, -0.1) is 0 Å². The van der Waals surface area contributed by atoms with Crippen LogP contribution in [0, 0.1) is 0 Å². The van der Waals surface area contributed by atoms with Crippen LogP contribution in [0.1, 0.15) is 10.4 Å². The van der Waals surface area contributed by atoms with Crippen LogP contribution in [0.15, 0.2) is 18.2 Å². The van der Waals surface area contributed by atoms with Crippen molar-refractivity contribution in [1.29, 1.82) is 0 Å². The van der Waals surface area contributed by atoms with Gasteiger partial charge in [0.15, 0.2) is 23.7 Å². The van der Waals surface area contributed by atoms with Gasteiger partial charge in [0.05, 0.1) is 12.5 Å². The fraction of sp³-hybridized carbons (Fsp3) is 0.462. The predicted octanol–water partition coefficient (Wildman–Crippen LogP) is -0.154. The molecule has 25 heavy (non-hydrogen) atoms. The molecule has 1 aliphatic heterocycles. The number of aromatic carboxylic acids is 1. The number of hydrogen-bond donors (Lipinski definition) is 1. The largest absolute Gasteiger partial charge is 0.480 e. The molecule has 12 heteroatoms. The lowest BCUT2D eigenvalue weighted by Gasteiger charge is -2.33. The summed E-state index contributed by atoms with van der Waals surface area (Å²) in [6.45, 7) is -0.975. The molecule has 0 unspecified atom stereocenters. The van der Waals surface area contributed by atoms with Crippen LogP contribution in [0.25, 0.3) is 0 Å². The van der Waals surface area contributed by atoms with Crippen LogP contribution < -0.4 is 9.47 Å². The van der Waals surface area contributed by atoms with Crippen molar-refractivity contribution in [1.82, 2.24) is 0 Å². The van der Waals surface area contributed by atoms with Gasteiger partial charge >= 0.3 is 5.97 Å². The molecule has 1 heterocycles. The van der Waals surface area contributed by atoms with E-state index in [1.165, 1.54) is 18.2 Å². The van der Waals surface area contributed by atoms with Crippen molar-refractivity contribution in [2.24, 2.45) is 0 Å². The van der Waals surface area contributed by atoms with Crippen molar-refractivity contribution in [2.75, 3.05) is 25.7 Å². The van der Waals surface area contributed by atoms with E-state index < -0.39 is 51.6 Å². The molecule has 1 aromatic rings. The van der Waals surface area contributed by atoms with E-state index in [9.17, 15) is 26.7 Å². The Kier molecular flexibility index (Phi) is 5.56. The quantitative estimate of drug-likeness (QED) is 0.618. The minimum Gasteiger partial charge on any atom is -0.480 e. The first kappa shape index (κ1) is 19.4. The number of rotatable bonds is 7. The van der Waals surface area contributed by atoms with E-state index in [1.54, 1.807) is 0 Å². The normalized spacial score (nSPS) is 20.2. The fourth-order valence-electron chi connectivity index (χ4n) is 2.03. The smallest absolute Gasteiger partial charge is 0.339 e. The van der Waals surface area contributed by atoms with E-state index in [2.05, 4.69) is 8.37 Å². The van der Waals surface area contributed by atoms with Crippen molar-refractivity contribution in [3.63, 3.8) is 0 Å². The second-order valence-corrected chi connectivity index (χ2v) is 8.52. The number of benzene rings is 1. The van der Waals surface area contributed by atoms with Crippen LogP contribution in [0.2, 0.25) is 0 Å². The van der Waals surface area contributed by atoms with Gasteiger partial charge in [-0.3, -0.25) is 8.37 Å². The van der Waals surface area contributed by atoms with E-state index in [-0.39, 0.29) is 17.1 Å². The lowest BCUT2D eigenvalue weighted by molar-refractivity contribution is -0.0239. The number of fused-ring (bicyclic) bond motifs is 1. The van der Waals surface area contributed by atoms with Gasteiger partial charge in [0, 0.05) is 0 Å². The maximum Gasteiger partial charge on any atom is 0.339 e. The van der Waals surface area contributed by atoms with Crippen molar-refractivity contribution >= 4 is 26.2 Å². The molecule has 2 atom stereocenters. The van der Waals surface area contributed by atoms with Crippen molar-refractivity contribution in [2.45, 2.75) is 12.2 Å². The molecule has 0 saturated heterocycles. The zero-order valence-electron chi connectivity index (χ0n) is 13.2. The summed E-state index contributed by atoms with van der Waals surface area (Å²) in [5.41, 5.74) is -0.190. The SMILES string of the molecule is CS(=O)(=O)OC[C@@H]1Oc2cccc(C(=O)O)c2O[C@H]1COS(C)(=O)=O. The van der Waals surface area contributed by atoms with Crippen molar-refractivity contribution in [3.05, 3.63) is 23.8 Å². The molecule has 1 N–H and O–H groups in total. The van der Waals surface area contributed by atoms with Gasteiger partial charge in [-0.05, 0) is 12.1 Å². The number of ether oxygens (including phenoxy) is 2. The van der Waals surface area contributed by atoms with Crippen molar-refractivity contribution < 1.29 is 44.6 Å². The minimum absolute atomic E-state index is 0.0672. The molecule has 0 radical (unpaired) electrons. The Morgan fingerprint density at radius 2 is 1.56 bits per heavy atom. The Morgan fingerprint density at radius 1 is 1.04 bits per heavy atom. The molecule has 0 spiro atoms. The highest BCUT2D eigenvalue weighted by molar-refractivity contribution is 7.86. The maximum absolute atomic E-state index is 11.3. The summed E-state index contributed by atoms with van der Waals surface area (Å²) in [5.74, 6) is -1.31. The van der Waals surface area contributed by atoms with Gasteiger partial charge in [-0.25, -0.2) is 4.79 Å². The van der Waals surface area contributed by atoms with Crippen LogP contribution in [0.4, 0.5) is 0 Å². The zero-order valence-corrected chi connectivity index (χ0v) is 14.9. The topological polar surface area (TPSA) is 143 Å². The highest BCUT2D eigenvalue weighted by atomic mass is 32.2. The third-order valence-corrected chi connectivity index (χ3v) is 4.19. The van der Waals surface area contributed by atoms with Gasteiger partial charge in [0.25, 0.3) is 20.2 Å². The number of carbonyl (C=O) groups is 1. The third kappa shape index (κ3) is 5.56. The molecule has 0 saturated carbocycles. The minimum atomic E-state index is -3.81. The average molecular weight is 396 g/mol. The molecule has 0 aliphatic carbocycles. The van der Waals surface area contributed by atoms with Gasteiger partial charge in [0.1, 0.15) is 18.8 Å². The number of carboxylic acids is 1. The Hall–Kier alpha value is -1.89. The number of hydrogen-bond acceptors (Lipinski definition) is 9. The van der Waals surface area contributed by atoms with E-state index in [4.69, 9.17) is 9.47 Å². The molecular formula is C13H16O10S2. The fourth-order valence-corrected chi connectivity index (χ4v) is 2.79. The first-order valence-corrected chi connectivity index (χ1v) is 10.5. The standard InChI is InChI=1S/C13H16O10S2/c1-24(16,17)20-6-10-11(7-21-25(2,18)19)23-12-8(13(14)15)4-3-5-9(12)22-10/h3-5,10-11H,6-7H2,1-2H3,(H,14,15)/t10-,11-/m0/s1. The summed E-state index contributed by atoms with van der Waals surface area (Å²) < 4.78 is 65.1. The van der Waals surface area contributed by atoms with Crippen LogP contribution in [-0.2, 0) is 28.6 Å². The summed E-state index contributed by atoms with van der Waals surface area (Å²) in [6.07, 6.45) is -0.470. The van der Waals surface area contributed by atoms with Crippen LogP contribution in [0.3, 0.4) is 0 Å². The number of para-hydroxylation sites is 1. The summed E-state index contributed by atoms with van der Waals surface area (Å²) in [7, 11) is -7.58. The second-order valence-electron chi connectivity index (χ2n) is 5.23. The Bertz CT molecular complexity index is 859. The molecule has 2 rings (SSSR count). The lowest BCUT2D eigenvalue weighted by Crippen LogP contribution is -2.46. The molecule has 0 bridgehead atoms. The second kappa shape index (κ2) is 7.15. The summed E-state index contributed by atoms with van der Waals surface area (Å²) in [5, 5.41) is 9.20. The Labute approximate surface area is 144 Å². The maximum atomic E-state index is 11.3. The predicted molar refractivity (Wildman–Crippen MR) is 83.8 cm³/mol. The molecule has 140 valence electrons. The zero-order chi connectivity index (χ0) is 18.8. The molecule has 0 fully saturated rings. The highest BCUT2D eigenvalue weighted by Gasteiger charge is 2.36. The summed E-state index contributed by atoms with van der Waals surface area (Å²) in [6, 6.07) is 4.14. The molecule has 0 amide bonds. The van der Waals surface area contributed by atoms with E-state index in [0.29, 0.717) is 0 Å². The highest BCUT2D eigenvalue weighted by Crippen LogP contribution is 2.37. The third-order valence-electron chi connectivity index (χ3n) is 3.06. The molecule has 10 nitrogen and oxygen atoms in total. The Balaban J connectivity index is 2.30.